The smallest absolute Gasteiger partial charge is 0.374 e. The molecule has 1 aromatic heterocycles. The van der Waals surface area contributed by atoms with Gasteiger partial charge in [-0.1, -0.05) is 43.3 Å². The maximum absolute atomic E-state index is 13.6. The number of benzene rings is 4. The lowest BCUT2D eigenvalue weighted by molar-refractivity contribution is -0.677. The normalized spacial score (nSPS) is 14.3. The lowest BCUT2D eigenvalue weighted by Gasteiger charge is -2.19. The summed E-state index contributed by atoms with van der Waals surface area (Å²) in [5, 5.41) is 0. The topological polar surface area (TPSA) is 144 Å². The number of allylic oxidation sites excluding steroid dienone is 2. The quantitative estimate of drug-likeness (QED) is 0.0949. The lowest BCUT2D eigenvalue weighted by atomic mass is 10.0. The van der Waals surface area contributed by atoms with E-state index in [1.807, 2.05) is 31.2 Å². The van der Waals surface area contributed by atoms with Crippen LogP contribution < -0.4 is 14.2 Å². The van der Waals surface area contributed by atoms with Gasteiger partial charge in [0.2, 0.25) is 11.5 Å². The maximum Gasteiger partial charge on any atom is 0.374 e. The minimum Gasteiger partial charge on any atom is -0.748 e. The first-order chi connectivity index (χ1) is 24.3. The van der Waals surface area contributed by atoms with Crippen molar-refractivity contribution in [2.24, 2.45) is 0 Å². The Morgan fingerprint density at radius 1 is 0.784 bits per heavy atom. The molecule has 0 N–H and O–H groups in total. The van der Waals surface area contributed by atoms with Gasteiger partial charge in [0, 0.05) is 36.6 Å². The van der Waals surface area contributed by atoms with E-state index in [-0.39, 0.29) is 37.6 Å². The molecule has 0 bridgehead atoms. The van der Waals surface area contributed by atoms with Crippen LogP contribution in [0.2, 0.25) is 0 Å². The van der Waals surface area contributed by atoms with Gasteiger partial charge in [-0.3, -0.25) is 0 Å². The zero-order valence-corrected chi connectivity index (χ0v) is 29.1. The summed E-state index contributed by atoms with van der Waals surface area (Å²) in [4.78, 5) is 1.78. The van der Waals surface area contributed by atoms with Gasteiger partial charge in [0.1, 0.15) is 11.6 Å². The Kier molecular flexibility index (Phi) is 10.4. The Bertz CT molecular complexity index is 2350. The zero-order chi connectivity index (χ0) is 36.3. The average Bonchev–Trinajstić information content (AvgIpc) is 3.60. The molecule has 2 heterocycles. The van der Waals surface area contributed by atoms with Gasteiger partial charge in [-0.15, -0.1) is 0 Å². The monoisotopic (exact) mass is 735 g/mol. The van der Waals surface area contributed by atoms with E-state index in [4.69, 9.17) is 9.15 Å². The Morgan fingerprint density at radius 2 is 1.35 bits per heavy atom. The zero-order valence-electron chi connectivity index (χ0n) is 27.4. The van der Waals surface area contributed by atoms with Crippen molar-refractivity contribution in [1.82, 2.24) is 0 Å². The Labute approximate surface area is 294 Å². The Morgan fingerprint density at radius 3 is 1.96 bits per heavy atom. The molecular weight excluding hydrogens is 703 g/mol. The number of hydrogen-bond donors (Lipinski definition) is 0. The molecule has 0 saturated heterocycles. The molecular formula is C37H33F2N2O8S2-. The van der Waals surface area contributed by atoms with Crippen molar-refractivity contribution < 1.29 is 48.4 Å². The molecule has 0 atom stereocenters. The minimum absolute atomic E-state index is 0.0283. The van der Waals surface area contributed by atoms with E-state index in [0.717, 1.165) is 27.8 Å². The molecule has 6 rings (SSSR count). The molecule has 0 radical (unpaired) electrons. The molecule has 0 fully saturated rings. The van der Waals surface area contributed by atoms with Crippen LogP contribution in [0.25, 0.3) is 39.4 Å². The fourth-order valence-electron chi connectivity index (χ4n) is 5.88. The first-order valence-corrected chi connectivity index (χ1v) is 19.3. The molecule has 0 spiro atoms. The van der Waals surface area contributed by atoms with Gasteiger partial charge >= 0.3 is 5.89 Å². The molecule has 0 saturated carbocycles. The molecule has 10 nitrogen and oxygen atoms in total. The average molecular weight is 736 g/mol. The Hall–Kier alpha value is -4.89. The highest BCUT2D eigenvalue weighted by Gasteiger charge is 2.28. The number of rotatable bonds is 13. The van der Waals surface area contributed by atoms with Crippen LogP contribution in [0, 0.1) is 11.6 Å². The highest BCUT2D eigenvalue weighted by molar-refractivity contribution is 7.85. The summed E-state index contributed by atoms with van der Waals surface area (Å²) in [5.74, 6) is -0.646. The van der Waals surface area contributed by atoms with Crippen molar-refractivity contribution in [1.29, 1.82) is 0 Å². The second kappa shape index (κ2) is 14.8. The summed E-state index contributed by atoms with van der Waals surface area (Å²) in [6.07, 6.45) is 4.08. The van der Waals surface area contributed by atoms with Crippen LogP contribution in [0.5, 0.6) is 5.75 Å². The van der Waals surface area contributed by atoms with Crippen LogP contribution in [-0.4, -0.2) is 44.0 Å². The third kappa shape index (κ3) is 8.89. The van der Waals surface area contributed by atoms with E-state index in [2.05, 4.69) is 0 Å². The van der Waals surface area contributed by atoms with Crippen LogP contribution in [0.1, 0.15) is 32.1 Å². The second-order valence-electron chi connectivity index (χ2n) is 12.0. The Balaban J connectivity index is 1.39. The SMILES string of the molecule is CCC(=Cc1oc2ccc(-c3ccc(F)cc3)cc2[n+]1CCCS(=O)(=O)[O-])C=C1Oc2ccc(-c3ccc(F)cc3)cc2N1CCCS(=O)(=O)[O-]. The number of hydrogen-bond acceptors (Lipinski definition) is 9. The molecule has 1 aliphatic rings. The number of oxazole rings is 1. The molecule has 4 aromatic carbocycles. The van der Waals surface area contributed by atoms with E-state index in [9.17, 15) is 34.7 Å². The number of ether oxygens (including phenoxy) is 1. The summed E-state index contributed by atoms with van der Waals surface area (Å²) in [5.41, 5.74) is 5.55. The molecule has 51 heavy (non-hydrogen) atoms. The largest absolute Gasteiger partial charge is 0.748 e. The number of anilines is 1. The highest BCUT2D eigenvalue weighted by atomic mass is 32.2. The third-order valence-electron chi connectivity index (χ3n) is 8.39. The van der Waals surface area contributed by atoms with Crippen LogP contribution >= 0.6 is 0 Å². The van der Waals surface area contributed by atoms with Gasteiger partial charge in [0.25, 0.3) is 5.52 Å². The predicted octanol–water partition coefficient (Wildman–Crippen LogP) is 6.74. The molecule has 0 unspecified atom stereocenters. The number of halogens is 2. The minimum atomic E-state index is -4.46. The van der Waals surface area contributed by atoms with Crippen LogP contribution in [0.15, 0.2) is 107 Å². The summed E-state index contributed by atoms with van der Waals surface area (Å²) in [6, 6.07) is 22.9. The van der Waals surface area contributed by atoms with Gasteiger partial charge in [0.05, 0.1) is 32.0 Å². The van der Waals surface area contributed by atoms with Crippen molar-refractivity contribution in [3.63, 3.8) is 0 Å². The summed E-state index contributed by atoms with van der Waals surface area (Å²) in [7, 11) is -8.93. The molecule has 0 aliphatic carbocycles. The van der Waals surface area contributed by atoms with E-state index in [0.29, 0.717) is 40.7 Å². The first kappa shape index (κ1) is 35.9. The first-order valence-electron chi connectivity index (χ1n) is 16.1. The number of fused-ring (bicyclic) bond motifs is 2. The molecule has 5 aromatic rings. The number of aryl methyl sites for hydroxylation is 1. The van der Waals surface area contributed by atoms with E-state index < -0.39 is 31.7 Å². The molecule has 1 aliphatic heterocycles. The number of nitrogens with zero attached hydrogens (tertiary/aromatic N) is 2. The van der Waals surface area contributed by atoms with Gasteiger partial charge in [0.15, 0.2) is 12.3 Å². The molecule has 0 amide bonds. The van der Waals surface area contributed by atoms with Crippen molar-refractivity contribution in [3.8, 4) is 28.0 Å². The van der Waals surface area contributed by atoms with Gasteiger partial charge in [-0.2, -0.15) is 4.57 Å². The van der Waals surface area contributed by atoms with Crippen LogP contribution in [-0.2, 0) is 26.8 Å². The molecule has 14 heteroatoms. The van der Waals surface area contributed by atoms with Gasteiger partial charge < -0.3 is 23.2 Å². The van der Waals surface area contributed by atoms with Crippen molar-refractivity contribution >= 4 is 43.1 Å². The second-order valence-corrected chi connectivity index (χ2v) is 15.1. The standard InChI is InChI=1S/C37H34F2N2O8S2/c1-2-25(21-36-40(17-3-19-50(42,43)44)32-23-28(9-15-34(32)48-36)26-5-11-30(38)12-6-26)22-37-41(18-4-20-51(45,46)47)33-24-29(10-16-35(33)49-37)27-7-13-31(39)14-8-27/h5-16,21-24H,2-4,17-20H2,1H3,(H-,42,43,44,45,46,47)/p-1. The predicted molar refractivity (Wildman–Crippen MR) is 186 cm³/mol. The van der Waals surface area contributed by atoms with E-state index >= 15 is 0 Å². The lowest BCUT2D eigenvalue weighted by Crippen LogP contribution is -2.36. The van der Waals surface area contributed by atoms with Gasteiger partial charge in [-0.25, -0.2) is 25.6 Å². The van der Waals surface area contributed by atoms with E-state index in [1.54, 1.807) is 58.0 Å². The van der Waals surface area contributed by atoms with Crippen LogP contribution in [0.3, 0.4) is 0 Å². The van der Waals surface area contributed by atoms with E-state index in [1.165, 1.54) is 24.3 Å². The summed E-state index contributed by atoms with van der Waals surface area (Å²) in [6.45, 7) is 2.20. The van der Waals surface area contributed by atoms with Crippen molar-refractivity contribution in [2.45, 2.75) is 32.7 Å². The maximum atomic E-state index is 13.6. The third-order valence-corrected chi connectivity index (χ3v) is 9.97. The highest BCUT2D eigenvalue weighted by Crippen LogP contribution is 2.42. The van der Waals surface area contributed by atoms with Gasteiger partial charge in [-0.05, 0) is 83.1 Å². The van der Waals surface area contributed by atoms with Crippen LogP contribution in [0.4, 0.5) is 14.5 Å². The summed E-state index contributed by atoms with van der Waals surface area (Å²) >= 11 is 0. The van der Waals surface area contributed by atoms with Crippen molar-refractivity contribution in [2.75, 3.05) is 23.0 Å². The fourth-order valence-corrected chi connectivity index (χ4v) is 6.85. The summed E-state index contributed by atoms with van der Waals surface area (Å²) < 4.78 is 110. The molecule has 266 valence electrons. The fraction of sp³-hybridized carbons (Fsp3) is 0.216. The van der Waals surface area contributed by atoms with Crippen molar-refractivity contribution in [3.05, 3.63) is 120 Å². The number of aromatic nitrogens is 1.